The zero-order valence-corrected chi connectivity index (χ0v) is 23.3. The molecular weight excluding hydrogens is 596 g/mol. The first-order chi connectivity index (χ1) is 20.2. The Kier molecular flexibility index (Phi) is 9.13. The van der Waals surface area contributed by atoms with Crippen LogP contribution in [-0.2, 0) is 19.4 Å². The first-order valence-corrected chi connectivity index (χ1v) is 13.6. The van der Waals surface area contributed by atoms with E-state index in [9.17, 15) is 4.39 Å². The standard InChI is InChI=1S/C30H22Cl2F5N5/c31-23-3-1-5-25(34)20(23)9-17(10-21-24(32)4-2-6-26(21)35)29(30-28(37)12-38-14-40-30)22(13-42-16-39-15-41-42)19-8-7-18(33)11-27(19)36/h1-8,11-12,14-17,22,29H,9-10,13H2/t22-,29-/m0/s1. The highest BCUT2D eigenvalue weighted by Gasteiger charge is 2.38. The zero-order chi connectivity index (χ0) is 29.8. The van der Waals surface area contributed by atoms with Crippen molar-refractivity contribution in [2.24, 2.45) is 5.92 Å². The predicted molar refractivity (Wildman–Crippen MR) is 148 cm³/mol. The molecule has 0 amide bonds. The second kappa shape index (κ2) is 13.0. The van der Waals surface area contributed by atoms with Crippen molar-refractivity contribution in [2.75, 3.05) is 0 Å². The molecule has 5 aromatic rings. The van der Waals surface area contributed by atoms with Crippen molar-refractivity contribution >= 4 is 23.2 Å². The maximum atomic E-state index is 15.6. The van der Waals surface area contributed by atoms with Gasteiger partial charge in [-0.2, -0.15) is 5.10 Å². The highest BCUT2D eigenvalue weighted by molar-refractivity contribution is 6.31. The van der Waals surface area contributed by atoms with Crippen LogP contribution in [0.5, 0.6) is 0 Å². The molecule has 0 radical (unpaired) electrons. The topological polar surface area (TPSA) is 56.5 Å². The molecule has 0 saturated heterocycles. The van der Waals surface area contributed by atoms with Crippen LogP contribution >= 0.6 is 23.2 Å². The molecule has 0 saturated carbocycles. The lowest BCUT2D eigenvalue weighted by Crippen LogP contribution is -2.30. The van der Waals surface area contributed by atoms with Gasteiger partial charge in [0.2, 0.25) is 0 Å². The number of rotatable bonds is 10. The lowest BCUT2D eigenvalue weighted by Gasteiger charge is -2.35. The Morgan fingerprint density at radius 2 is 1.40 bits per heavy atom. The largest absolute Gasteiger partial charge is 0.252 e. The number of halogens is 7. The molecule has 5 rings (SSSR count). The number of nitrogens with zero attached hydrogens (tertiary/aromatic N) is 5. The quantitative estimate of drug-likeness (QED) is 0.150. The lowest BCUT2D eigenvalue weighted by atomic mass is 9.71. The summed E-state index contributed by atoms with van der Waals surface area (Å²) in [5, 5.41) is 4.33. The molecule has 3 aromatic carbocycles. The molecule has 0 unspecified atom stereocenters. The van der Waals surface area contributed by atoms with Crippen molar-refractivity contribution < 1.29 is 22.0 Å². The van der Waals surface area contributed by atoms with Gasteiger partial charge in [-0.05, 0) is 54.7 Å². The number of aromatic nitrogens is 5. The van der Waals surface area contributed by atoms with Gasteiger partial charge >= 0.3 is 0 Å². The monoisotopic (exact) mass is 617 g/mol. The molecule has 42 heavy (non-hydrogen) atoms. The van der Waals surface area contributed by atoms with Crippen LogP contribution in [0.4, 0.5) is 22.0 Å². The van der Waals surface area contributed by atoms with Crippen LogP contribution in [0.3, 0.4) is 0 Å². The Labute approximate surface area is 248 Å². The summed E-state index contributed by atoms with van der Waals surface area (Å²) in [4.78, 5) is 11.9. The summed E-state index contributed by atoms with van der Waals surface area (Å²) in [6.07, 6.45) is 4.46. The average molecular weight is 618 g/mol. The van der Waals surface area contributed by atoms with Crippen LogP contribution in [0.25, 0.3) is 0 Å². The number of hydrogen-bond acceptors (Lipinski definition) is 4. The second-order valence-corrected chi connectivity index (χ2v) is 10.6. The van der Waals surface area contributed by atoms with Gasteiger partial charge in [-0.1, -0.05) is 41.4 Å². The Morgan fingerprint density at radius 1 is 0.738 bits per heavy atom. The van der Waals surface area contributed by atoms with Crippen LogP contribution in [0, 0.1) is 35.0 Å². The summed E-state index contributed by atoms with van der Waals surface area (Å²) in [5.41, 5.74) is 0.0632. The SMILES string of the molecule is Fc1ccc([C@H](Cn2cncn2)[C@@H](c2ncncc2F)C(Cc2c(F)cccc2Cl)Cc2c(F)cccc2Cl)c(F)c1. The number of hydrogen-bond donors (Lipinski definition) is 0. The van der Waals surface area contributed by atoms with Gasteiger partial charge in [-0.25, -0.2) is 36.9 Å². The molecule has 0 aliphatic heterocycles. The summed E-state index contributed by atoms with van der Waals surface area (Å²) >= 11 is 12.8. The minimum absolute atomic E-state index is 0.0131. The van der Waals surface area contributed by atoms with Gasteiger partial charge in [-0.3, -0.25) is 4.68 Å². The predicted octanol–water partition coefficient (Wildman–Crippen LogP) is 7.74. The van der Waals surface area contributed by atoms with E-state index in [2.05, 4.69) is 20.1 Å². The Bertz CT molecular complexity index is 1590. The summed E-state index contributed by atoms with van der Waals surface area (Å²) in [7, 11) is 0. The zero-order valence-electron chi connectivity index (χ0n) is 21.7. The van der Waals surface area contributed by atoms with Crippen molar-refractivity contribution in [2.45, 2.75) is 31.2 Å². The molecule has 0 aliphatic rings. The first kappa shape index (κ1) is 29.6. The Morgan fingerprint density at radius 3 is 1.95 bits per heavy atom. The Balaban J connectivity index is 1.76. The molecule has 0 N–H and O–H groups in total. The fourth-order valence-corrected chi connectivity index (χ4v) is 5.83. The molecule has 2 aromatic heterocycles. The first-order valence-electron chi connectivity index (χ1n) is 12.8. The number of benzene rings is 3. The molecule has 0 spiro atoms. The highest BCUT2D eigenvalue weighted by atomic mass is 35.5. The molecule has 2 heterocycles. The van der Waals surface area contributed by atoms with E-state index in [4.69, 9.17) is 23.2 Å². The van der Waals surface area contributed by atoms with Crippen molar-refractivity contribution in [1.82, 2.24) is 24.7 Å². The van der Waals surface area contributed by atoms with Gasteiger partial charge in [0.15, 0.2) is 5.82 Å². The van der Waals surface area contributed by atoms with Crippen molar-refractivity contribution in [3.8, 4) is 0 Å². The smallest absolute Gasteiger partial charge is 0.163 e. The van der Waals surface area contributed by atoms with E-state index in [0.29, 0.717) is 6.07 Å². The van der Waals surface area contributed by atoms with Gasteiger partial charge in [0, 0.05) is 39.1 Å². The van der Waals surface area contributed by atoms with Crippen molar-refractivity contribution in [3.05, 3.63) is 141 Å². The van der Waals surface area contributed by atoms with Crippen LogP contribution in [-0.4, -0.2) is 24.7 Å². The molecule has 0 bridgehead atoms. The lowest BCUT2D eigenvalue weighted by molar-refractivity contribution is 0.305. The molecule has 12 heteroatoms. The summed E-state index contributed by atoms with van der Waals surface area (Å²) in [6.45, 7) is -0.0663. The third-order valence-electron chi connectivity index (χ3n) is 7.22. The highest BCUT2D eigenvalue weighted by Crippen LogP contribution is 2.45. The second-order valence-electron chi connectivity index (χ2n) is 9.74. The van der Waals surface area contributed by atoms with Gasteiger partial charge in [0.05, 0.1) is 18.4 Å². The molecular formula is C30H22Cl2F5N5. The van der Waals surface area contributed by atoms with Gasteiger partial charge in [-0.15, -0.1) is 0 Å². The maximum Gasteiger partial charge on any atom is 0.163 e. The van der Waals surface area contributed by atoms with Crippen LogP contribution in [0.15, 0.2) is 79.8 Å². The van der Waals surface area contributed by atoms with Gasteiger partial charge < -0.3 is 0 Å². The van der Waals surface area contributed by atoms with E-state index >= 15 is 17.6 Å². The van der Waals surface area contributed by atoms with Crippen LogP contribution in [0.1, 0.15) is 34.2 Å². The van der Waals surface area contributed by atoms with Gasteiger partial charge in [0.25, 0.3) is 0 Å². The molecule has 5 nitrogen and oxygen atoms in total. The van der Waals surface area contributed by atoms with Gasteiger partial charge in [0.1, 0.15) is 42.3 Å². The van der Waals surface area contributed by atoms with Crippen LogP contribution < -0.4 is 0 Å². The van der Waals surface area contributed by atoms with Crippen molar-refractivity contribution in [3.63, 3.8) is 0 Å². The van der Waals surface area contributed by atoms with E-state index in [0.717, 1.165) is 18.6 Å². The Hall–Kier alpha value is -3.89. The minimum atomic E-state index is -1.08. The van der Waals surface area contributed by atoms with E-state index in [-0.39, 0.29) is 51.8 Å². The van der Waals surface area contributed by atoms with Crippen molar-refractivity contribution in [1.29, 1.82) is 0 Å². The molecule has 0 fully saturated rings. The maximum absolute atomic E-state index is 15.6. The summed E-state index contributed by atoms with van der Waals surface area (Å²) in [6, 6.07) is 11.4. The third kappa shape index (κ3) is 6.44. The summed E-state index contributed by atoms with van der Waals surface area (Å²) < 4.78 is 76.9. The van der Waals surface area contributed by atoms with E-state index < -0.39 is 46.8 Å². The third-order valence-corrected chi connectivity index (χ3v) is 7.93. The molecule has 2 atom stereocenters. The fraction of sp³-hybridized carbons (Fsp3) is 0.200. The molecule has 216 valence electrons. The fourth-order valence-electron chi connectivity index (χ4n) is 5.35. The minimum Gasteiger partial charge on any atom is -0.252 e. The molecule has 0 aliphatic carbocycles. The average Bonchev–Trinajstić information content (AvgIpc) is 3.46. The van der Waals surface area contributed by atoms with E-state index in [1.54, 1.807) is 0 Å². The van der Waals surface area contributed by atoms with E-state index in [1.165, 1.54) is 59.8 Å². The summed E-state index contributed by atoms with van der Waals surface area (Å²) in [5.74, 6) is -6.74. The van der Waals surface area contributed by atoms with E-state index in [1.807, 2.05) is 0 Å². The van der Waals surface area contributed by atoms with Crippen LogP contribution in [0.2, 0.25) is 10.0 Å². The normalized spacial score (nSPS) is 13.0.